The van der Waals surface area contributed by atoms with Gasteiger partial charge >= 0.3 is 0 Å². The van der Waals surface area contributed by atoms with Crippen LogP contribution < -0.4 is 0 Å². The molecule has 0 aliphatic carbocycles. The lowest BCUT2D eigenvalue weighted by Crippen LogP contribution is -1.81. The van der Waals surface area contributed by atoms with Crippen molar-refractivity contribution in [3.63, 3.8) is 0 Å². The molecule has 16 heavy (non-hydrogen) atoms. The Labute approximate surface area is 103 Å². The molecule has 0 nitrogen and oxygen atoms in total. The standard InChI is InChI=1S/C15H20S/c1-5-14(11-10-12(2)3)16-15-9-7-6-8-13(15)4/h5-12H,1-4H3/b11-10-,14-5+. The summed E-state index contributed by atoms with van der Waals surface area (Å²) in [6.07, 6.45) is 6.61. The van der Waals surface area contributed by atoms with Crippen molar-refractivity contribution in [3.8, 4) is 0 Å². The fraction of sp³-hybridized carbons (Fsp3) is 0.333. The summed E-state index contributed by atoms with van der Waals surface area (Å²) < 4.78 is 0. The zero-order valence-corrected chi connectivity index (χ0v) is 11.3. The molecule has 0 heterocycles. The van der Waals surface area contributed by atoms with Crippen molar-refractivity contribution in [2.45, 2.75) is 32.6 Å². The number of thioether (sulfide) groups is 1. The minimum absolute atomic E-state index is 0.604. The van der Waals surface area contributed by atoms with Gasteiger partial charge in [-0.15, -0.1) is 0 Å². The number of benzene rings is 1. The normalized spacial score (nSPS) is 12.7. The van der Waals surface area contributed by atoms with Gasteiger partial charge in [0.15, 0.2) is 0 Å². The molecule has 0 aliphatic rings. The van der Waals surface area contributed by atoms with Crippen LogP contribution in [-0.4, -0.2) is 0 Å². The van der Waals surface area contributed by atoms with Gasteiger partial charge in [0, 0.05) is 9.80 Å². The molecule has 1 aromatic carbocycles. The van der Waals surface area contributed by atoms with Gasteiger partial charge in [-0.05, 0) is 31.4 Å². The average molecular weight is 232 g/mol. The third kappa shape index (κ3) is 4.28. The van der Waals surface area contributed by atoms with E-state index in [0.717, 1.165) is 0 Å². The van der Waals surface area contributed by atoms with E-state index in [1.165, 1.54) is 15.4 Å². The van der Waals surface area contributed by atoms with Gasteiger partial charge in [-0.2, -0.15) is 0 Å². The predicted octanol–water partition coefficient (Wildman–Crippen LogP) is 5.20. The lowest BCUT2D eigenvalue weighted by Gasteiger charge is -2.05. The number of hydrogen-bond donors (Lipinski definition) is 0. The van der Waals surface area contributed by atoms with Crippen molar-refractivity contribution < 1.29 is 0 Å². The molecule has 0 bridgehead atoms. The molecular formula is C15H20S. The van der Waals surface area contributed by atoms with Crippen LogP contribution in [0.5, 0.6) is 0 Å². The van der Waals surface area contributed by atoms with E-state index in [0.29, 0.717) is 5.92 Å². The summed E-state index contributed by atoms with van der Waals surface area (Å²) in [7, 11) is 0. The highest BCUT2D eigenvalue weighted by molar-refractivity contribution is 8.03. The van der Waals surface area contributed by atoms with Gasteiger partial charge in [0.2, 0.25) is 0 Å². The highest BCUT2D eigenvalue weighted by atomic mass is 32.2. The first-order valence-corrected chi connectivity index (χ1v) is 6.53. The van der Waals surface area contributed by atoms with Crippen molar-refractivity contribution in [1.82, 2.24) is 0 Å². The zero-order chi connectivity index (χ0) is 12.0. The third-order valence-corrected chi connectivity index (χ3v) is 3.54. The SMILES string of the molecule is C/C=C(\C=C/C(C)C)Sc1ccccc1C. The Kier molecular flexibility index (Phi) is 5.41. The van der Waals surface area contributed by atoms with Crippen LogP contribution in [0.15, 0.2) is 52.3 Å². The van der Waals surface area contributed by atoms with Gasteiger partial charge in [-0.1, -0.05) is 62.0 Å². The molecule has 0 saturated carbocycles. The first-order chi connectivity index (χ1) is 7.63. The minimum Gasteiger partial charge on any atom is -0.0902 e. The van der Waals surface area contributed by atoms with Crippen molar-refractivity contribution in [2.24, 2.45) is 5.92 Å². The second-order valence-electron chi connectivity index (χ2n) is 4.16. The first kappa shape index (κ1) is 13.1. The molecule has 86 valence electrons. The maximum absolute atomic E-state index is 2.24. The molecule has 0 amide bonds. The summed E-state index contributed by atoms with van der Waals surface area (Å²) >= 11 is 1.83. The maximum Gasteiger partial charge on any atom is 0.0151 e. The fourth-order valence-corrected chi connectivity index (χ4v) is 2.17. The predicted molar refractivity (Wildman–Crippen MR) is 74.8 cm³/mol. The molecule has 0 spiro atoms. The first-order valence-electron chi connectivity index (χ1n) is 5.71. The van der Waals surface area contributed by atoms with Crippen molar-refractivity contribution in [3.05, 3.63) is 53.0 Å². The van der Waals surface area contributed by atoms with Crippen LogP contribution >= 0.6 is 11.8 Å². The number of rotatable bonds is 4. The second-order valence-corrected chi connectivity index (χ2v) is 5.28. The molecule has 0 aromatic heterocycles. The van der Waals surface area contributed by atoms with E-state index in [4.69, 9.17) is 0 Å². The molecule has 0 N–H and O–H groups in total. The van der Waals surface area contributed by atoms with E-state index in [1.54, 1.807) is 0 Å². The number of aryl methyl sites for hydroxylation is 1. The lowest BCUT2D eigenvalue weighted by molar-refractivity contribution is 0.831. The van der Waals surface area contributed by atoms with E-state index in [9.17, 15) is 0 Å². The zero-order valence-electron chi connectivity index (χ0n) is 10.5. The van der Waals surface area contributed by atoms with Gasteiger partial charge in [-0.3, -0.25) is 0 Å². The molecule has 1 aromatic rings. The van der Waals surface area contributed by atoms with Gasteiger partial charge < -0.3 is 0 Å². The van der Waals surface area contributed by atoms with Crippen LogP contribution in [0.3, 0.4) is 0 Å². The van der Waals surface area contributed by atoms with E-state index >= 15 is 0 Å². The summed E-state index contributed by atoms with van der Waals surface area (Å²) in [5, 5.41) is 0. The molecule has 0 saturated heterocycles. The minimum atomic E-state index is 0.604. The molecule has 0 aliphatic heterocycles. The van der Waals surface area contributed by atoms with Crippen molar-refractivity contribution >= 4 is 11.8 Å². The van der Waals surface area contributed by atoms with Gasteiger partial charge in [0.1, 0.15) is 0 Å². The third-order valence-electron chi connectivity index (χ3n) is 2.25. The summed E-state index contributed by atoms with van der Waals surface area (Å²) in [6, 6.07) is 8.50. The Hall–Kier alpha value is -0.950. The highest BCUT2D eigenvalue weighted by Crippen LogP contribution is 2.30. The number of allylic oxidation sites excluding steroid dienone is 3. The molecule has 0 unspecified atom stereocenters. The average Bonchev–Trinajstić information content (AvgIpc) is 2.26. The molecule has 0 radical (unpaired) electrons. The Balaban J connectivity index is 2.76. The molecule has 0 atom stereocenters. The number of hydrogen-bond acceptors (Lipinski definition) is 1. The summed E-state index contributed by atoms with van der Waals surface area (Å²) in [5.41, 5.74) is 1.34. The van der Waals surface area contributed by atoms with Gasteiger partial charge in [-0.25, -0.2) is 0 Å². The second kappa shape index (κ2) is 6.59. The largest absolute Gasteiger partial charge is 0.0902 e. The smallest absolute Gasteiger partial charge is 0.0151 e. The summed E-state index contributed by atoms with van der Waals surface area (Å²) in [4.78, 5) is 2.65. The van der Waals surface area contributed by atoms with E-state index < -0.39 is 0 Å². The van der Waals surface area contributed by atoms with Crippen LogP contribution in [0.25, 0.3) is 0 Å². The van der Waals surface area contributed by atoms with Crippen molar-refractivity contribution in [2.75, 3.05) is 0 Å². The van der Waals surface area contributed by atoms with Gasteiger partial charge in [0.25, 0.3) is 0 Å². The topological polar surface area (TPSA) is 0 Å². The molecular weight excluding hydrogens is 212 g/mol. The van der Waals surface area contributed by atoms with E-state index in [2.05, 4.69) is 70.2 Å². The van der Waals surface area contributed by atoms with Crippen LogP contribution in [-0.2, 0) is 0 Å². The molecule has 1 rings (SSSR count). The Morgan fingerprint density at radius 3 is 2.50 bits per heavy atom. The highest BCUT2D eigenvalue weighted by Gasteiger charge is 1.99. The van der Waals surface area contributed by atoms with Gasteiger partial charge in [0.05, 0.1) is 0 Å². The quantitative estimate of drug-likeness (QED) is 0.507. The van der Waals surface area contributed by atoms with Crippen molar-refractivity contribution in [1.29, 1.82) is 0 Å². The fourth-order valence-electron chi connectivity index (χ4n) is 1.27. The molecule has 1 heteroatoms. The van der Waals surface area contributed by atoms with Crippen LogP contribution in [0, 0.1) is 12.8 Å². The Morgan fingerprint density at radius 1 is 1.25 bits per heavy atom. The summed E-state index contributed by atoms with van der Waals surface area (Å²) in [6.45, 7) is 8.64. The lowest BCUT2D eigenvalue weighted by atomic mass is 10.2. The van der Waals surface area contributed by atoms with E-state index in [-0.39, 0.29) is 0 Å². The summed E-state index contributed by atoms with van der Waals surface area (Å²) in [5.74, 6) is 0.604. The van der Waals surface area contributed by atoms with Crippen LogP contribution in [0.4, 0.5) is 0 Å². The maximum atomic E-state index is 2.24. The monoisotopic (exact) mass is 232 g/mol. The Bertz CT molecular complexity index is 386. The Morgan fingerprint density at radius 2 is 1.94 bits per heavy atom. The van der Waals surface area contributed by atoms with Crippen LogP contribution in [0.1, 0.15) is 26.3 Å². The van der Waals surface area contributed by atoms with Crippen LogP contribution in [0.2, 0.25) is 0 Å². The molecule has 0 fully saturated rings. The van der Waals surface area contributed by atoms with E-state index in [1.807, 2.05) is 11.8 Å².